The van der Waals surface area contributed by atoms with Gasteiger partial charge in [0.1, 0.15) is 16.9 Å². The van der Waals surface area contributed by atoms with Crippen LogP contribution in [0, 0.1) is 17.2 Å². The van der Waals surface area contributed by atoms with Crippen LogP contribution >= 0.6 is 11.6 Å². The normalized spacial score (nSPS) is 15.2. The highest BCUT2D eigenvalue weighted by atomic mass is 35.5. The topological polar surface area (TPSA) is 62.0 Å². The number of hydrogen-bond donors (Lipinski definition) is 0. The van der Waals surface area contributed by atoms with Crippen molar-refractivity contribution in [3.8, 4) is 11.9 Å². The van der Waals surface area contributed by atoms with Crippen molar-refractivity contribution in [2.45, 2.75) is 12.8 Å². The first-order valence-corrected chi connectivity index (χ1v) is 7.98. The number of nitriles is 1. The van der Waals surface area contributed by atoms with Crippen molar-refractivity contribution in [3.05, 3.63) is 47.2 Å². The highest BCUT2D eigenvalue weighted by molar-refractivity contribution is 6.31. The van der Waals surface area contributed by atoms with Gasteiger partial charge in [0.25, 0.3) is 0 Å². The van der Waals surface area contributed by atoms with Gasteiger partial charge in [-0.2, -0.15) is 5.26 Å². The molecule has 3 rings (SSSR count). The van der Waals surface area contributed by atoms with E-state index in [1.807, 2.05) is 6.07 Å². The van der Waals surface area contributed by atoms with E-state index in [9.17, 15) is 0 Å². The Morgan fingerprint density at radius 1 is 1.26 bits per heavy atom. The molecule has 0 aliphatic carbocycles. The molecule has 0 N–H and O–H groups in total. The number of nitrogens with zero attached hydrogens (tertiary/aromatic N) is 4. The predicted molar refractivity (Wildman–Crippen MR) is 88.6 cm³/mol. The lowest BCUT2D eigenvalue weighted by molar-refractivity contribution is 0.216. The molecule has 0 aromatic carbocycles. The summed E-state index contributed by atoms with van der Waals surface area (Å²) in [5.41, 5.74) is 0.587. The van der Waals surface area contributed by atoms with Crippen LogP contribution in [0.15, 0.2) is 36.7 Å². The fourth-order valence-corrected chi connectivity index (χ4v) is 2.82. The molecule has 118 valence electrons. The van der Waals surface area contributed by atoms with Gasteiger partial charge in [0.05, 0.1) is 12.2 Å². The van der Waals surface area contributed by atoms with Crippen LogP contribution < -0.4 is 9.64 Å². The van der Waals surface area contributed by atoms with Crippen molar-refractivity contribution in [2.24, 2.45) is 5.92 Å². The molecule has 23 heavy (non-hydrogen) atoms. The zero-order chi connectivity index (χ0) is 16.1. The Hall–Kier alpha value is -2.32. The number of piperidine rings is 1. The molecule has 1 fully saturated rings. The molecule has 2 aromatic heterocycles. The van der Waals surface area contributed by atoms with Gasteiger partial charge in [0.15, 0.2) is 0 Å². The van der Waals surface area contributed by atoms with Gasteiger partial charge in [-0.15, -0.1) is 0 Å². The molecule has 0 amide bonds. The second-order valence-corrected chi connectivity index (χ2v) is 5.96. The molecular weight excluding hydrogens is 312 g/mol. The zero-order valence-corrected chi connectivity index (χ0v) is 13.4. The van der Waals surface area contributed by atoms with E-state index in [-0.39, 0.29) is 0 Å². The third kappa shape index (κ3) is 3.91. The van der Waals surface area contributed by atoms with Crippen LogP contribution in [0.1, 0.15) is 18.4 Å². The molecule has 2 aromatic rings. The molecule has 0 bridgehead atoms. The largest absolute Gasteiger partial charge is 0.476 e. The van der Waals surface area contributed by atoms with Gasteiger partial charge >= 0.3 is 0 Å². The molecule has 1 aliphatic rings. The Morgan fingerprint density at radius 3 is 2.74 bits per heavy atom. The van der Waals surface area contributed by atoms with Crippen molar-refractivity contribution < 1.29 is 4.74 Å². The summed E-state index contributed by atoms with van der Waals surface area (Å²) in [4.78, 5) is 10.7. The first-order chi connectivity index (χ1) is 11.3. The molecule has 5 nitrogen and oxygen atoms in total. The first kappa shape index (κ1) is 15.6. The van der Waals surface area contributed by atoms with Crippen LogP contribution in [0.3, 0.4) is 0 Å². The summed E-state index contributed by atoms with van der Waals surface area (Å²) in [6.07, 6.45) is 5.37. The minimum absolute atomic E-state index is 0.489. The lowest BCUT2D eigenvalue weighted by Crippen LogP contribution is -2.36. The minimum atomic E-state index is 0.489. The Labute approximate surface area is 140 Å². The SMILES string of the molecule is N#Cc1ccc(N2CCC(COc3ncccc3Cl)CC2)nc1. The third-order valence-electron chi connectivity index (χ3n) is 4.00. The monoisotopic (exact) mass is 328 g/mol. The van der Waals surface area contributed by atoms with E-state index in [2.05, 4.69) is 20.9 Å². The summed E-state index contributed by atoms with van der Waals surface area (Å²) in [6, 6.07) is 9.37. The van der Waals surface area contributed by atoms with Gasteiger partial charge in [-0.3, -0.25) is 0 Å². The van der Waals surface area contributed by atoms with Crippen LogP contribution in [0.2, 0.25) is 5.02 Å². The van der Waals surface area contributed by atoms with Crippen LogP contribution in [0.5, 0.6) is 5.88 Å². The van der Waals surface area contributed by atoms with Crippen LogP contribution in [-0.4, -0.2) is 29.7 Å². The number of hydrogen-bond acceptors (Lipinski definition) is 5. The van der Waals surface area contributed by atoms with E-state index in [0.717, 1.165) is 31.7 Å². The van der Waals surface area contributed by atoms with Gasteiger partial charge in [0, 0.05) is 25.5 Å². The predicted octanol–water partition coefficient (Wildman–Crippen LogP) is 3.30. The van der Waals surface area contributed by atoms with Crippen LogP contribution in [0.25, 0.3) is 0 Å². The zero-order valence-electron chi connectivity index (χ0n) is 12.7. The van der Waals surface area contributed by atoms with Gasteiger partial charge in [-0.05, 0) is 43.0 Å². The molecule has 0 atom stereocenters. The molecule has 0 spiro atoms. The first-order valence-electron chi connectivity index (χ1n) is 7.60. The Bertz CT molecular complexity index is 690. The molecule has 3 heterocycles. The summed E-state index contributed by atoms with van der Waals surface area (Å²) in [5, 5.41) is 9.36. The quantitative estimate of drug-likeness (QED) is 0.861. The standard InChI is InChI=1S/C17H17ClN4O/c18-15-2-1-7-20-17(15)23-12-13-5-8-22(9-6-13)16-4-3-14(10-19)11-21-16/h1-4,7,11,13H,5-6,8-9,12H2. The fraction of sp³-hybridized carbons (Fsp3) is 0.353. The van der Waals surface area contributed by atoms with E-state index < -0.39 is 0 Å². The molecule has 0 saturated carbocycles. The van der Waals surface area contributed by atoms with E-state index in [0.29, 0.717) is 29.0 Å². The van der Waals surface area contributed by atoms with Crippen molar-refractivity contribution in [2.75, 3.05) is 24.6 Å². The third-order valence-corrected chi connectivity index (χ3v) is 4.28. The molecule has 0 unspecified atom stereocenters. The van der Waals surface area contributed by atoms with Crippen LogP contribution in [0.4, 0.5) is 5.82 Å². The average Bonchev–Trinajstić information content (AvgIpc) is 2.62. The highest BCUT2D eigenvalue weighted by Crippen LogP contribution is 2.25. The molecule has 0 radical (unpaired) electrons. The van der Waals surface area contributed by atoms with Crippen LogP contribution in [-0.2, 0) is 0 Å². The maximum atomic E-state index is 8.81. The van der Waals surface area contributed by atoms with Gasteiger partial charge in [-0.25, -0.2) is 9.97 Å². The number of halogens is 1. The number of anilines is 1. The molecule has 1 saturated heterocycles. The van der Waals surface area contributed by atoms with Crippen molar-refractivity contribution in [3.63, 3.8) is 0 Å². The maximum absolute atomic E-state index is 8.81. The Balaban J connectivity index is 1.50. The lowest BCUT2D eigenvalue weighted by atomic mass is 9.98. The van der Waals surface area contributed by atoms with E-state index in [1.54, 1.807) is 30.6 Å². The van der Waals surface area contributed by atoms with Crippen molar-refractivity contribution >= 4 is 17.4 Å². The Kier molecular flexibility index (Phi) is 4.94. The van der Waals surface area contributed by atoms with Gasteiger partial charge in [-0.1, -0.05) is 11.6 Å². The minimum Gasteiger partial charge on any atom is -0.476 e. The maximum Gasteiger partial charge on any atom is 0.232 e. The summed E-state index contributed by atoms with van der Waals surface area (Å²) in [5.74, 6) is 1.92. The summed E-state index contributed by atoms with van der Waals surface area (Å²) >= 11 is 6.04. The van der Waals surface area contributed by atoms with Crippen molar-refractivity contribution in [1.29, 1.82) is 5.26 Å². The van der Waals surface area contributed by atoms with Gasteiger partial charge < -0.3 is 9.64 Å². The Morgan fingerprint density at radius 2 is 2.09 bits per heavy atom. The number of aromatic nitrogens is 2. The number of ether oxygens (including phenoxy) is 1. The molecular formula is C17H17ClN4O. The lowest BCUT2D eigenvalue weighted by Gasteiger charge is -2.32. The van der Waals surface area contributed by atoms with E-state index in [4.69, 9.17) is 21.6 Å². The fourth-order valence-electron chi connectivity index (χ4n) is 2.64. The number of rotatable bonds is 4. The second kappa shape index (κ2) is 7.30. The smallest absolute Gasteiger partial charge is 0.232 e. The summed E-state index contributed by atoms with van der Waals surface area (Å²) in [6.45, 7) is 2.50. The number of pyridine rings is 2. The van der Waals surface area contributed by atoms with E-state index in [1.165, 1.54) is 0 Å². The van der Waals surface area contributed by atoms with E-state index >= 15 is 0 Å². The second-order valence-electron chi connectivity index (χ2n) is 5.55. The van der Waals surface area contributed by atoms with Gasteiger partial charge in [0.2, 0.25) is 5.88 Å². The summed E-state index contributed by atoms with van der Waals surface area (Å²) in [7, 11) is 0. The average molecular weight is 329 g/mol. The molecule has 1 aliphatic heterocycles. The molecule has 6 heteroatoms. The highest BCUT2D eigenvalue weighted by Gasteiger charge is 2.21. The summed E-state index contributed by atoms with van der Waals surface area (Å²) < 4.78 is 5.73. The van der Waals surface area contributed by atoms with Crippen molar-refractivity contribution in [1.82, 2.24) is 9.97 Å².